The van der Waals surface area contributed by atoms with Gasteiger partial charge in [-0.25, -0.2) is 0 Å². The van der Waals surface area contributed by atoms with E-state index in [4.69, 9.17) is 0 Å². The monoisotopic (exact) mass is 1250 g/mol. The first-order valence-electron chi connectivity index (χ1n) is 30.8. The Hall–Kier alpha value is -9.61. The minimum atomic E-state index is -3.01. The van der Waals surface area contributed by atoms with E-state index >= 15 is 0 Å². The Morgan fingerprint density at radius 1 is 0.189 bits per heavy atom. The van der Waals surface area contributed by atoms with Gasteiger partial charge in [0.15, 0.2) is 16.1 Å². The molecule has 0 aliphatic heterocycles. The van der Waals surface area contributed by atoms with Crippen molar-refractivity contribution in [1.29, 1.82) is 0 Å². The summed E-state index contributed by atoms with van der Waals surface area (Å²) in [6, 6.07) is 125. The molecule has 0 saturated carbocycles. The van der Waals surface area contributed by atoms with Gasteiger partial charge in [0.2, 0.25) is 0 Å². The van der Waals surface area contributed by atoms with Crippen molar-refractivity contribution in [2.24, 2.45) is 0 Å². The van der Waals surface area contributed by atoms with Crippen LogP contribution in [-0.4, -0.2) is 16.1 Å². The van der Waals surface area contributed by atoms with Gasteiger partial charge in [-0.05, 0) is 99.1 Å². The van der Waals surface area contributed by atoms with E-state index in [1.165, 1.54) is 156 Å². The van der Waals surface area contributed by atoms with E-state index in [1.54, 1.807) is 0 Å². The van der Waals surface area contributed by atoms with Crippen molar-refractivity contribution in [3.05, 3.63) is 328 Å². The van der Waals surface area contributed by atoms with Crippen LogP contribution in [0, 0.1) is 0 Å². The summed E-state index contributed by atoms with van der Waals surface area (Å²) in [6.07, 6.45) is 0. The molecular weight excluding hydrogens is 1190 g/mol. The lowest BCUT2D eigenvalue weighted by Crippen LogP contribution is -2.74. The molecule has 0 spiro atoms. The van der Waals surface area contributed by atoms with Gasteiger partial charge >= 0.3 is 0 Å². The summed E-state index contributed by atoms with van der Waals surface area (Å²) in [7, 11) is -6.02. The van der Waals surface area contributed by atoms with E-state index in [0.717, 1.165) is 0 Å². The molecule has 0 aliphatic rings. The molecule has 422 valence electrons. The van der Waals surface area contributed by atoms with Gasteiger partial charge in [-0.1, -0.05) is 303 Å². The average molecular weight is 1250 g/mol. The third-order valence-corrected chi connectivity index (χ3v) is 33.8. The predicted molar refractivity (Wildman–Crippen MR) is 402 cm³/mol. The second-order valence-corrected chi connectivity index (χ2v) is 35.4. The van der Waals surface area contributed by atoms with Crippen molar-refractivity contribution in [2.45, 2.75) is 0 Å². The van der Waals surface area contributed by atoms with E-state index in [0.29, 0.717) is 0 Å². The Morgan fingerprint density at radius 3 is 1.09 bits per heavy atom. The highest BCUT2D eigenvalue weighted by molar-refractivity contribution is 7.34. The van der Waals surface area contributed by atoms with Crippen LogP contribution in [0.1, 0.15) is 0 Å². The first kappa shape index (κ1) is 53.4. The van der Waals surface area contributed by atoms with Crippen LogP contribution >= 0.6 is 45.3 Å². The van der Waals surface area contributed by atoms with Gasteiger partial charge < -0.3 is 0 Å². The molecule has 4 aromatic heterocycles. The Labute approximate surface area is 540 Å². The highest BCUT2D eigenvalue weighted by Crippen LogP contribution is 2.47. The molecule has 0 bridgehead atoms. The van der Waals surface area contributed by atoms with Gasteiger partial charge in [-0.15, -0.1) is 45.3 Å². The summed E-state index contributed by atoms with van der Waals surface area (Å²) in [4.78, 5) is 0. The van der Waals surface area contributed by atoms with E-state index in [2.05, 4.69) is 328 Å². The molecule has 0 saturated heterocycles. The fraction of sp³-hybridized carbons (Fsp3) is 0. The highest BCUT2D eigenvalue weighted by Gasteiger charge is 2.45. The maximum atomic E-state index is 2.56. The largest absolute Gasteiger partial charge is 0.182 e. The quantitative estimate of drug-likeness (QED) is 0.0894. The Bertz CT molecular complexity index is 5720. The summed E-state index contributed by atoms with van der Waals surface area (Å²) in [5, 5.41) is 21.6. The maximum Gasteiger partial charge on any atom is 0.182 e. The lowest BCUT2D eigenvalue weighted by molar-refractivity contribution is 1.64. The summed E-state index contributed by atoms with van der Waals surface area (Å²) in [6.45, 7) is 0. The van der Waals surface area contributed by atoms with Gasteiger partial charge in [0.1, 0.15) is 0 Å². The molecule has 4 heterocycles. The smallest absolute Gasteiger partial charge is 0.135 e. The lowest BCUT2D eigenvalue weighted by Gasteiger charge is -2.35. The third-order valence-electron chi connectivity index (χ3n) is 19.0. The van der Waals surface area contributed by atoms with Crippen LogP contribution in [0.4, 0.5) is 0 Å². The number of rotatable bonds is 11. The molecule has 14 aromatic carbocycles. The van der Waals surface area contributed by atoms with Crippen molar-refractivity contribution >= 4 is 184 Å². The van der Waals surface area contributed by atoms with Crippen LogP contribution in [-0.2, 0) is 0 Å². The van der Waals surface area contributed by atoms with Gasteiger partial charge in [-0.2, -0.15) is 0 Å². The van der Waals surface area contributed by atoms with E-state index < -0.39 is 16.1 Å². The lowest BCUT2D eigenvalue weighted by atomic mass is 9.94. The third kappa shape index (κ3) is 8.19. The minimum Gasteiger partial charge on any atom is -0.135 e. The molecule has 0 aliphatic carbocycles. The zero-order chi connectivity index (χ0) is 59.3. The van der Waals surface area contributed by atoms with Crippen LogP contribution in [0.15, 0.2) is 328 Å². The van der Waals surface area contributed by atoms with E-state index in [9.17, 15) is 0 Å². The molecular formula is C84H54S4Si2. The SMILES string of the molecule is c1ccc([Si](c2ccccc2)(c2cccc(-c3cccc4c3sc3ccccc34)c2)c2cccc(-c3ccc(-c4ccc5c(c4)sc4c([Si](c6ccccc6)(c6ccccc6)c6cccc7c6sc6ccccc67)cccc45)c4c3sc3ccccc34)c2)cc1. The molecule has 0 unspecified atom stereocenters. The van der Waals surface area contributed by atoms with E-state index in [1.807, 2.05) is 45.3 Å². The maximum absolute atomic E-state index is 3.01. The summed E-state index contributed by atoms with van der Waals surface area (Å²) in [5.41, 5.74) is 7.52. The standard InChI is InChI=1S/C84H54S4Si2/c1-5-26-58(27-6-1)89(59-28-7-2-8-29-59,62-34-19-24-55(52-62)65-39-21-40-70-67-36-13-16-43-74(67)85-81(65)70)63-35-20-25-56(53-63)66-51-50-64(80-73-38-15-18-45-76(73)87-84(66)80)57-48-49-69-72-42-23-47-79(83(72)88-77(69)54-57)90(60-30-9-3-10-31-60,61-32-11-4-12-33-61)78-46-22-41-71-68-37-14-17-44-75(68)86-82(71)78/h1-54H. The molecule has 18 rings (SSSR count). The van der Waals surface area contributed by atoms with Crippen LogP contribution in [0.3, 0.4) is 0 Å². The molecule has 0 radical (unpaired) electrons. The first-order valence-corrected chi connectivity index (χ1v) is 38.0. The number of hydrogen-bond donors (Lipinski definition) is 0. The second kappa shape index (κ2) is 21.6. The molecule has 0 fully saturated rings. The highest BCUT2D eigenvalue weighted by atomic mass is 32.1. The topological polar surface area (TPSA) is 0 Å². The summed E-state index contributed by atoms with van der Waals surface area (Å²) in [5.74, 6) is 0. The molecule has 90 heavy (non-hydrogen) atoms. The Kier molecular flexibility index (Phi) is 12.8. The number of thiophene rings is 4. The second-order valence-electron chi connectivity index (χ2n) is 23.6. The van der Waals surface area contributed by atoms with Crippen molar-refractivity contribution < 1.29 is 0 Å². The first-order chi connectivity index (χ1) is 44.6. The normalized spacial score (nSPS) is 12.2. The zero-order valence-corrected chi connectivity index (χ0v) is 54.1. The van der Waals surface area contributed by atoms with Crippen LogP contribution in [0.25, 0.3) is 114 Å². The van der Waals surface area contributed by atoms with Crippen molar-refractivity contribution in [2.75, 3.05) is 0 Å². The fourth-order valence-electron chi connectivity index (χ4n) is 15.1. The molecule has 0 amide bonds. The molecule has 0 atom stereocenters. The molecule has 6 heteroatoms. The van der Waals surface area contributed by atoms with Gasteiger partial charge in [0, 0.05) is 80.7 Å². The average Bonchev–Trinajstić information content (AvgIpc) is 1.52. The predicted octanol–water partition coefficient (Wildman–Crippen LogP) is 18.9. The molecule has 0 N–H and O–H groups in total. The number of fused-ring (bicyclic) bond motifs is 12. The molecule has 18 aromatic rings. The van der Waals surface area contributed by atoms with Crippen molar-refractivity contribution in [3.8, 4) is 33.4 Å². The van der Waals surface area contributed by atoms with Crippen LogP contribution in [0.2, 0.25) is 0 Å². The van der Waals surface area contributed by atoms with Crippen molar-refractivity contribution in [1.82, 2.24) is 0 Å². The molecule has 0 nitrogen and oxygen atoms in total. The van der Waals surface area contributed by atoms with Crippen LogP contribution < -0.4 is 41.5 Å². The van der Waals surface area contributed by atoms with Gasteiger partial charge in [0.05, 0.1) is 0 Å². The van der Waals surface area contributed by atoms with Gasteiger partial charge in [0.25, 0.3) is 0 Å². The fourth-order valence-corrected chi connectivity index (χ4v) is 30.8. The minimum absolute atomic E-state index is 1.23. The Morgan fingerprint density at radius 2 is 0.544 bits per heavy atom. The summed E-state index contributed by atoms with van der Waals surface area (Å²) >= 11 is 7.75. The van der Waals surface area contributed by atoms with Crippen molar-refractivity contribution in [3.63, 3.8) is 0 Å². The Balaban J connectivity index is 0.816. The number of hydrogen-bond acceptors (Lipinski definition) is 4. The zero-order valence-electron chi connectivity index (χ0n) is 48.8. The van der Waals surface area contributed by atoms with Gasteiger partial charge in [-0.3, -0.25) is 0 Å². The van der Waals surface area contributed by atoms with Crippen LogP contribution in [0.5, 0.6) is 0 Å². The number of benzene rings is 14. The van der Waals surface area contributed by atoms with E-state index in [-0.39, 0.29) is 0 Å². The summed E-state index contributed by atoms with van der Waals surface area (Å²) < 4.78 is 10.6.